The van der Waals surface area contributed by atoms with Gasteiger partial charge in [-0.05, 0) is 48.9 Å². The normalized spacial score (nSPS) is 10.5. The fourth-order valence-corrected chi connectivity index (χ4v) is 2.09. The fraction of sp³-hybridized carbons (Fsp3) is 0.294. The second-order valence-corrected chi connectivity index (χ2v) is 4.84. The Morgan fingerprint density at radius 1 is 1.00 bits per heavy atom. The van der Waals surface area contributed by atoms with Crippen LogP contribution in [-0.4, -0.2) is 13.6 Å². The first kappa shape index (κ1) is 13.6. The Morgan fingerprint density at radius 3 is 2.37 bits per heavy atom. The van der Waals surface area contributed by atoms with E-state index in [0.717, 1.165) is 13.1 Å². The number of nitrogens with zero attached hydrogens (tertiary/aromatic N) is 1. The van der Waals surface area contributed by atoms with Gasteiger partial charge in [-0.3, -0.25) is 0 Å². The summed E-state index contributed by atoms with van der Waals surface area (Å²) in [5, 5.41) is 3.34. The zero-order valence-corrected chi connectivity index (χ0v) is 12.0. The molecule has 0 aliphatic heterocycles. The van der Waals surface area contributed by atoms with Gasteiger partial charge in [-0.2, -0.15) is 0 Å². The Kier molecular flexibility index (Phi) is 4.58. The molecule has 0 aromatic heterocycles. The first-order chi connectivity index (χ1) is 9.20. The number of hydrogen-bond acceptors (Lipinski definition) is 2. The highest BCUT2D eigenvalue weighted by Crippen LogP contribution is 2.24. The molecule has 0 spiro atoms. The predicted octanol–water partition coefficient (Wildman–Crippen LogP) is 3.87. The Bertz CT molecular complexity index is 517. The van der Waals surface area contributed by atoms with E-state index in [-0.39, 0.29) is 0 Å². The summed E-state index contributed by atoms with van der Waals surface area (Å²) in [5.41, 5.74) is 5.04. The molecular weight excluding hydrogens is 232 g/mol. The summed E-state index contributed by atoms with van der Waals surface area (Å²) in [5.74, 6) is 0. The number of nitrogens with one attached hydrogen (secondary N) is 1. The molecule has 0 atom stereocenters. The van der Waals surface area contributed by atoms with Crippen LogP contribution in [0.2, 0.25) is 0 Å². The van der Waals surface area contributed by atoms with E-state index < -0.39 is 0 Å². The molecule has 2 aromatic carbocycles. The van der Waals surface area contributed by atoms with Crippen molar-refractivity contribution >= 4 is 11.4 Å². The molecule has 0 fully saturated rings. The van der Waals surface area contributed by atoms with Crippen LogP contribution in [0.3, 0.4) is 0 Å². The first-order valence-electron chi connectivity index (χ1n) is 6.80. The molecule has 2 heteroatoms. The highest BCUT2D eigenvalue weighted by atomic mass is 15.1. The van der Waals surface area contributed by atoms with Gasteiger partial charge in [-0.25, -0.2) is 0 Å². The number of benzene rings is 2. The minimum Gasteiger partial charge on any atom is -0.345 e. The van der Waals surface area contributed by atoms with Crippen molar-refractivity contribution in [3.8, 4) is 0 Å². The van der Waals surface area contributed by atoms with Crippen LogP contribution >= 0.6 is 0 Å². The van der Waals surface area contributed by atoms with Crippen molar-refractivity contribution in [2.75, 3.05) is 18.5 Å². The van der Waals surface area contributed by atoms with Gasteiger partial charge in [0, 0.05) is 25.0 Å². The van der Waals surface area contributed by atoms with Crippen LogP contribution < -0.4 is 10.2 Å². The van der Waals surface area contributed by atoms with Crippen LogP contribution in [0.5, 0.6) is 0 Å². The van der Waals surface area contributed by atoms with E-state index in [0.29, 0.717) is 0 Å². The molecule has 0 heterocycles. The lowest BCUT2D eigenvalue weighted by atomic mass is 10.1. The van der Waals surface area contributed by atoms with Gasteiger partial charge in [-0.1, -0.05) is 31.2 Å². The second-order valence-electron chi connectivity index (χ2n) is 4.84. The summed E-state index contributed by atoms with van der Waals surface area (Å²) in [7, 11) is 2.11. The van der Waals surface area contributed by atoms with Crippen LogP contribution in [0.25, 0.3) is 0 Å². The standard InChI is InChI=1S/C17H22N2/c1-4-18-13-15-8-10-16(11-9-15)19(3)17-7-5-6-14(2)12-17/h5-12,18H,4,13H2,1-3H3. The number of aryl methyl sites for hydroxylation is 1. The highest BCUT2D eigenvalue weighted by molar-refractivity contribution is 5.63. The third-order valence-electron chi connectivity index (χ3n) is 3.29. The van der Waals surface area contributed by atoms with Gasteiger partial charge in [0.05, 0.1) is 0 Å². The minimum absolute atomic E-state index is 0.935. The van der Waals surface area contributed by atoms with Crippen LogP contribution in [0.15, 0.2) is 48.5 Å². The van der Waals surface area contributed by atoms with E-state index >= 15 is 0 Å². The largest absolute Gasteiger partial charge is 0.345 e. The molecule has 0 bridgehead atoms. The summed E-state index contributed by atoms with van der Waals surface area (Å²) in [6, 6.07) is 17.3. The van der Waals surface area contributed by atoms with Crippen molar-refractivity contribution in [1.82, 2.24) is 5.32 Å². The van der Waals surface area contributed by atoms with Crippen molar-refractivity contribution in [3.05, 3.63) is 59.7 Å². The van der Waals surface area contributed by atoms with Gasteiger partial charge >= 0.3 is 0 Å². The van der Waals surface area contributed by atoms with E-state index in [4.69, 9.17) is 0 Å². The van der Waals surface area contributed by atoms with Gasteiger partial charge in [0.2, 0.25) is 0 Å². The molecule has 2 aromatic rings. The van der Waals surface area contributed by atoms with Gasteiger partial charge in [-0.15, -0.1) is 0 Å². The molecular formula is C17H22N2. The maximum absolute atomic E-state index is 3.34. The molecule has 100 valence electrons. The minimum atomic E-state index is 0.935. The van der Waals surface area contributed by atoms with Gasteiger partial charge in [0.1, 0.15) is 0 Å². The van der Waals surface area contributed by atoms with Gasteiger partial charge in [0.15, 0.2) is 0 Å². The monoisotopic (exact) mass is 254 g/mol. The molecule has 0 saturated heterocycles. The molecule has 0 radical (unpaired) electrons. The van der Waals surface area contributed by atoms with Crippen molar-refractivity contribution < 1.29 is 0 Å². The van der Waals surface area contributed by atoms with Crippen LogP contribution in [0, 0.1) is 6.92 Å². The molecule has 2 rings (SSSR count). The lowest BCUT2D eigenvalue weighted by molar-refractivity contribution is 0.727. The molecule has 0 aliphatic rings. The second kappa shape index (κ2) is 6.39. The third kappa shape index (κ3) is 3.58. The number of rotatable bonds is 5. The van der Waals surface area contributed by atoms with Gasteiger partial charge < -0.3 is 10.2 Å². The quantitative estimate of drug-likeness (QED) is 0.871. The Hall–Kier alpha value is -1.80. The van der Waals surface area contributed by atoms with Crippen LogP contribution in [0.4, 0.5) is 11.4 Å². The van der Waals surface area contributed by atoms with E-state index in [1.54, 1.807) is 0 Å². The molecule has 0 unspecified atom stereocenters. The molecule has 19 heavy (non-hydrogen) atoms. The Morgan fingerprint density at radius 2 is 1.74 bits per heavy atom. The molecule has 0 saturated carbocycles. The summed E-state index contributed by atoms with van der Waals surface area (Å²) in [6.07, 6.45) is 0. The fourth-order valence-electron chi connectivity index (χ4n) is 2.09. The molecule has 0 aliphatic carbocycles. The SMILES string of the molecule is CCNCc1ccc(N(C)c2cccc(C)c2)cc1. The Balaban J connectivity index is 2.13. The maximum Gasteiger partial charge on any atom is 0.0410 e. The lowest BCUT2D eigenvalue weighted by Gasteiger charge is -2.20. The summed E-state index contributed by atoms with van der Waals surface area (Å²) in [4.78, 5) is 2.21. The summed E-state index contributed by atoms with van der Waals surface area (Å²) < 4.78 is 0. The molecule has 1 N–H and O–H groups in total. The molecule has 0 amide bonds. The van der Waals surface area contributed by atoms with E-state index in [1.165, 1.54) is 22.5 Å². The van der Waals surface area contributed by atoms with Crippen LogP contribution in [0.1, 0.15) is 18.1 Å². The smallest absolute Gasteiger partial charge is 0.0410 e. The summed E-state index contributed by atoms with van der Waals surface area (Å²) >= 11 is 0. The third-order valence-corrected chi connectivity index (χ3v) is 3.29. The lowest BCUT2D eigenvalue weighted by Crippen LogP contribution is -2.12. The van der Waals surface area contributed by atoms with Crippen LogP contribution in [-0.2, 0) is 6.54 Å². The zero-order valence-electron chi connectivity index (χ0n) is 12.0. The number of hydrogen-bond donors (Lipinski definition) is 1. The van der Waals surface area contributed by atoms with Crippen molar-refractivity contribution in [3.63, 3.8) is 0 Å². The average Bonchev–Trinajstić information content (AvgIpc) is 2.45. The Labute approximate surface area is 116 Å². The predicted molar refractivity (Wildman–Crippen MR) is 83.1 cm³/mol. The number of anilines is 2. The zero-order chi connectivity index (χ0) is 13.7. The topological polar surface area (TPSA) is 15.3 Å². The van der Waals surface area contributed by atoms with Gasteiger partial charge in [0.25, 0.3) is 0 Å². The van der Waals surface area contributed by atoms with E-state index in [9.17, 15) is 0 Å². The summed E-state index contributed by atoms with van der Waals surface area (Å²) in [6.45, 7) is 6.19. The van der Waals surface area contributed by atoms with Crippen molar-refractivity contribution in [2.45, 2.75) is 20.4 Å². The maximum atomic E-state index is 3.34. The van der Waals surface area contributed by atoms with E-state index in [1.807, 2.05) is 0 Å². The van der Waals surface area contributed by atoms with Crippen molar-refractivity contribution in [2.24, 2.45) is 0 Å². The average molecular weight is 254 g/mol. The van der Waals surface area contributed by atoms with Crippen molar-refractivity contribution in [1.29, 1.82) is 0 Å². The van der Waals surface area contributed by atoms with E-state index in [2.05, 4.69) is 79.6 Å². The molecule has 2 nitrogen and oxygen atoms in total. The highest BCUT2D eigenvalue weighted by Gasteiger charge is 2.03. The first-order valence-corrected chi connectivity index (χ1v) is 6.80.